The molecule has 0 aromatic heterocycles. The molecule has 0 saturated carbocycles. The van der Waals surface area contributed by atoms with E-state index in [4.69, 9.17) is 4.74 Å². The molecule has 7 heteroatoms. The lowest BCUT2D eigenvalue weighted by molar-refractivity contribution is -0.135. The largest absolute Gasteiger partial charge is 0.444 e. The van der Waals surface area contributed by atoms with Crippen LogP contribution in [0.3, 0.4) is 0 Å². The van der Waals surface area contributed by atoms with Crippen molar-refractivity contribution in [1.82, 2.24) is 15.5 Å². The molecular weight excluding hydrogens is 298 g/mol. The predicted octanol–water partition coefficient (Wildman–Crippen LogP) is 1.27. The minimum absolute atomic E-state index is 0.000769. The van der Waals surface area contributed by atoms with Crippen LogP contribution < -0.4 is 10.6 Å². The number of ether oxygens (including phenoxy) is 1. The minimum Gasteiger partial charge on any atom is -0.444 e. The summed E-state index contributed by atoms with van der Waals surface area (Å²) in [4.78, 5) is 37.1. The zero-order valence-corrected chi connectivity index (χ0v) is 14.8. The van der Waals surface area contributed by atoms with Gasteiger partial charge in [-0.05, 0) is 33.6 Å². The Morgan fingerprint density at radius 1 is 1.17 bits per heavy atom. The number of hydrogen-bond acceptors (Lipinski definition) is 4. The van der Waals surface area contributed by atoms with Crippen molar-refractivity contribution in [2.45, 2.75) is 59.1 Å². The van der Waals surface area contributed by atoms with E-state index in [0.29, 0.717) is 13.1 Å². The summed E-state index contributed by atoms with van der Waals surface area (Å²) in [5.41, 5.74) is -0.587. The van der Waals surface area contributed by atoms with Gasteiger partial charge in [-0.2, -0.15) is 0 Å². The SMILES string of the molecule is CC(C)C(=O)N1CCC(NC(=O)CNC(=O)OC(C)(C)C)CC1. The molecule has 0 unspecified atom stereocenters. The van der Waals surface area contributed by atoms with Gasteiger partial charge in [-0.1, -0.05) is 13.8 Å². The van der Waals surface area contributed by atoms with E-state index in [1.807, 2.05) is 18.7 Å². The number of likely N-dealkylation sites (tertiary alicyclic amines) is 1. The first-order chi connectivity index (χ1) is 10.6. The molecule has 0 aromatic carbocycles. The Morgan fingerprint density at radius 2 is 1.74 bits per heavy atom. The number of piperidine rings is 1. The molecule has 0 radical (unpaired) electrons. The average molecular weight is 327 g/mol. The first-order valence-electron chi connectivity index (χ1n) is 8.13. The van der Waals surface area contributed by atoms with Crippen molar-refractivity contribution < 1.29 is 19.1 Å². The summed E-state index contributed by atoms with van der Waals surface area (Å²) in [5, 5.41) is 5.31. The predicted molar refractivity (Wildman–Crippen MR) is 86.8 cm³/mol. The van der Waals surface area contributed by atoms with E-state index in [9.17, 15) is 14.4 Å². The normalized spacial score (nSPS) is 16.2. The van der Waals surface area contributed by atoms with Crippen LogP contribution in [0.15, 0.2) is 0 Å². The van der Waals surface area contributed by atoms with Crippen LogP contribution in [0.25, 0.3) is 0 Å². The summed E-state index contributed by atoms with van der Waals surface area (Å²) in [6.45, 7) is 10.3. The molecule has 0 bridgehead atoms. The summed E-state index contributed by atoms with van der Waals surface area (Å²) < 4.78 is 5.07. The van der Waals surface area contributed by atoms with Gasteiger partial charge in [0.1, 0.15) is 12.1 Å². The minimum atomic E-state index is -0.606. The van der Waals surface area contributed by atoms with Gasteiger partial charge in [0.2, 0.25) is 11.8 Å². The van der Waals surface area contributed by atoms with Crippen molar-refractivity contribution in [2.75, 3.05) is 19.6 Å². The second-order valence-electron chi connectivity index (χ2n) is 7.18. The first-order valence-corrected chi connectivity index (χ1v) is 8.13. The number of carbonyl (C=O) groups is 3. The topological polar surface area (TPSA) is 87.7 Å². The van der Waals surface area contributed by atoms with E-state index < -0.39 is 11.7 Å². The van der Waals surface area contributed by atoms with Gasteiger partial charge in [0.15, 0.2) is 0 Å². The molecule has 3 amide bonds. The molecule has 1 aliphatic heterocycles. The molecule has 1 aliphatic rings. The van der Waals surface area contributed by atoms with Gasteiger partial charge in [-0.15, -0.1) is 0 Å². The van der Waals surface area contributed by atoms with Gasteiger partial charge < -0.3 is 20.3 Å². The van der Waals surface area contributed by atoms with Crippen LogP contribution in [0.1, 0.15) is 47.5 Å². The van der Waals surface area contributed by atoms with Gasteiger partial charge in [-0.3, -0.25) is 9.59 Å². The van der Waals surface area contributed by atoms with Crippen molar-refractivity contribution >= 4 is 17.9 Å². The standard InChI is InChI=1S/C16H29N3O4/c1-11(2)14(21)19-8-6-12(7-9-19)18-13(20)10-17-15(22)23-16(3,4)5/h11-12H,6-10H2,1-5H3,(H,17,22)(H,18,20). The molecular formula is C16H29N3O4. The van der Waals surface area contributed by atoms with Crippen LogP contribution in [0, 0.1) is 5.92 Å². The molecule has 0 spiro atoms. The molecule has 1 rings (SSSR count). The number of hydrogen-bond donors (Lipinski definition) is 2. The fraction of sp³-hybridized carbons (Fsp3) is 0.812. The van der Waals surface area contributed by atoms with Crippen LogP contribution in [-0.4, -0.2) is 54.1 Å². The zero-order valence-electron chi connectivity index (χ0n) is 14.8. The molecule has 23 heavy (non-hydrogen) atoms. The molecule has 0 atom stereocenters. The van der Waals surface area contributed by atoms with Crippen LogP contribution in [0.4, 0.5) is 4.79 Å². The monoisotopic (exact) mass is 327 g/mol. The van der Waals surface area contributed by atoms with E-state index >= 15 is 0 Å². The second-order valence-corrected chi connectivity index (χ2v) is 7.18. The quantitative estimate of drug-likeness (QED) is 0.814. The maximum Gasteiger partial charge on any atom is 0.408 e. The lowest BCUT2D eigenvalue weighted by Crippen LogP contribution is -2.49. The molecule has 0 aromatic rings. The van der Waals surface area contributed by atoms with Gasteiger partial charge >= 0.3 is 6.09 Å². The molecule has 0 aliphatic carbocycles. The van der Waals surface area contributed by atoms with E-state index in [2.05, 4.69) is 10.6 Å². The van der Waals surface area contributed by atoms with Crippen molar-refractivity contribution in [3.8, 4) is 0 Å². The smallest absolute Gasteiger partial charge is 0.408 e. The maximum absolute atomic E-state index is 11.9. The number of nitrogens with zero attached hydrogens (tertiary/aromatic N) is 1. The van der Waals surface area contributed by atoms with Crippen molar-refractivity contribution in [2.24, 2.45) is 5.92 Å². The highest BCUT2D eigenvalue weighted by Gasteiger charge is 2.25. The van der Waals surface area contributed by atoms with E-state index in [1.165, 1.54) is 0 Å². The Balaban J connectivity index is 2.26. The van der Waals surface area contributed by atoms with Crippen molar-refractivity contribution in [3.05, 3.63) is 0 Å². The Kier molecular flexibility index (Phi) is 6.84. The highest BCUT2D eigenvalue weighted by Crippen LogP contribution is 2.13. The second kappa shape index (κ2) is 8.17. The van der Waals surface area contributed by atoms with Gasteiger partial charge in [0.25, 0.3) is 0 Å². The number of nitrogens with one attached hydrogen (secondary N) is 2. The summed E-state index contributed by atoms with van der Waals surface area (Å²) in [7, 11) is 0. The molecule has 1 heterocycles. The average Bonchev–Trinajstić information content (AvgIpc) is 2.43. The molecule has 1 saturated heterocycles. The van der Waals surface area contributed by atoms with Crippen LogP contribution in [0.2, 0.25) is 0 Å². The van der Waals surface area contributed by atoms with Crippen molar-refractivity contribution in [3.63, 3.8) is 0 Å². The van der Waals surface area contributed by atoms with E-state index in [1.54, 1.807) is 20.8 Å². The number of rotatable bonds is 4. The molecule has 132 valence electrons. The highest BCUT2D eigenvalue weighted by molar-refractivity contribution is 5.82. The van der Waals surface area contributed by atoms with Gasteiger partial charge in [0, 0.05) is 25.0 Å². The first kappa shape index (κ1) is 19.3. The third-order valence-electron chi connectivity index (χ3n) is 3.46. The lowest BCUT2D eigenvalue weighted by atomic mass is 10.0. The Bertz CT molecular complexity index is 435. The number of alkyl carbamates (subject to hydrolysis) is 1. The zero-order chi connectivity index (χ0) is 17.6. The van der Waals surface area contributed by atoms with Crippen LogP contribution in [0.5, 0.6) is 0 Å². The maximum atomic E-state index is 11.9. The fourth-order valence-electron chi connectivity index (χ4n) is 2.35. The molecule has 2 N–H and O–H groups in total. The summed E-state index contributed by atoms with van der Waals surface area (Å²) in [6, 6.07) is 0.0409. The van der Waals surface area contributed by atoms with E-state index in [-0.39, 0.29) is 30.3 Å². The molecule has 7 nitrogen and oxygen atoms in total. The summed E-state index contributed by atoms with van der Waals surface area (Å²) in [5.74, 6) is -0.0926. The van der Waals surface area contributed by atoms with Crippen LogP contribution >= 0.6 is 0 Å². The van der Waals surface area contributed by atoms with Gasteiger partial charge in [-0.25, -0.2) is 4.79 Å². The van der Waals surface area contributed by atoms with E-state index in [0.717, 1.165) is 12.8 Å². The van der Waals surface area contributed by atoms with Crippen molar-refractivity contribution in [1.29, 1.82) is 0 Å². The third kappa shape index (κ3) is 7.34. The third-order valence-corrected chi connectivity index (χ3v) is 3.46. The van der Waals surface area contributed by atoms with Gasteiger partial charge in [0.05, 0.1) is 0 Å². The number of carbonyl (C=O) groups excluding carboxylic acids is 3. The Hall–Kier alpha value is -1.79. The summed E-state index contributed by atoms with van der Waals surface area (Å²) >= 11 is 0. The number of amides is 3. The van der Waals surface area contributed by atoms with Crippen LogP contribution in [-0.2, 0) is 14.3 Å². The fourth-order valence-corrected chi connectivity index (χ4v) is 2.35. The lowest BCUT2D eigenvalue weighted by Gasteiger charge is -2.33. The Morgan fingerprint density at radius 3 is 2.22 bits per heavy atom. The Labute approximate surface area is 138 Å². The highest BCUT2D eigenvalue weighted by atomic mass is 16.6. The summed E-state index contributed by atoms with van der Waals surface area (Å²) in [6.07, 6.45) is 0.859. The molecule has 1 fully saturated rings.